The zero-order chi connectivity index (χ0) is 40.6. The number of nitro groups is 3. The highest BCUT2D eigenvalue weighted by Crippen LogP contribution is 2.44. The second-order valence-electron chi connectivity index (χ2n) is 10.7. The van der Waals surface area contributed by atoms with Gasteiger partial charge in [0.2, 0.25) is 0 Å². The summed E-state index contributed by atoms with van der Waals surface area (Å²) in [6.07, 6.45) is 3.86. The molecular formula is C28H18N10O15S2. The number of benzene rings is 3. The zero-order valence-electron chi connectivity index (χ0n) is 26.6. The molecule has 2 aliphatic rings. The first-order valence-electron chi connectivity index (χ1n) is 14.3. The minimum atomic E-state index is -5.61. The predicted molar refractivity (Wildman–Crippen MR) is 185 cm³/mol. The number of non-ortho nitro benzene ring substituents is 1. The summed E-state index contributed by atoms with van der Waals surface area (Å²) in [4.78, 5) is 53.5. The third kappa shape index (κ3) is 8.23. The van der Waals surface area contributed by atoms with Gasteiger partial charge in [-0.15, -0.1) is 15.3 Å². The number of allylic oxidation sites excluding steroid dienone is 6. The number of aromatic hydroxyl groups is 1. The molecule has 0 aliphatic heterocycles. The minimum Gasteiger partial charge on any atom is -0.507 e. The van der Waals surface area contributed by atoms with Gasteiger partial charge in [-0.25, -0.2) is 0 Å². The second kappa shape index (κ2) is 14.4. The number of carbonyl (C=O) groups excluding carboxylic acids is 2. The summed E-state index contributed by atoms with van der Waals surface area (Å²) in [5.74, 6) is -3.17. The van der Waals surface area contributed by atoms with Crippen LogP contribution in [0.3, 0.4) is 0 Å². The fraction of sp³-hybridized carbons (Fsp3) is 0. The molecule has 0 saturated heterocycles. The van der Waals surface area contributed by atoms with Crippen LogP contribution >= 0.6 is 0 Å². The lowest BCUT2D eigenvalue weighted by atomic mass is 10.0. The number of anilines is 2. The van der Waals surface area contributed by atoms with Crippen molar-refractivity contribution in [2.45, 2.75) is 9.79 Å². The highest BCUT2D eigenvalue weighted by molar-refractivity contribution is 7.86. The molecule has 6 N–H and O–H groups in total. The van der Waals surface area contributed by atoms with Crippen molar-refractivity contribution in [3.05, 3.63) is 120 Å². The number of nitrogens with one attached hydrogen (secondary N) is 1. The quantitative estimate of drug-likeness (QED) is 0.0464. The Kier molecular flexibility index (Phi) is 10.1. The molecule has 0 fully saturated rings. The van der Waals surface area contributed by atoms with E-state index in [1.807, 2.05) is 0 Å². The summed E-state index contributed by atoms with van der Waals surface area (Å²) in [7, 11) is -10.9. The standard InChI is InChI=1S/C28H18N10O15S2/c29-19-9-16(39)5-6-20(19)31-32-21-12-25(55(51,52)53)27(18-10-17(54(48,49)50)11-24(40)26(18)21)35(34-30-13-1-3-14(4-2-13)36(42)43)33-22-7-15(37(44)45)8-23(28(22)41)38(46)47/h1-12,32,40H,29H2,(H,48,49,50)(H,51,52,53)/b31-20+,33-22+,34-30?. The van der Waals surface area contributed by atoms with Gasteiger partial charge >= 0.3 is 5.70 Å². The van der Waals surface area contributed by atoms with E-state index < -0.39 is 107 Å². The van der Waals surface area contributed by atoms with Gasteiger partial charge in [-0.05, 0) is 41.6 Å². The largest absolute Gasteiger partial charge is 0.507 e. The van der Waals surface area contributed by atoms with E-state index in [0.717, 1.165) is 42.5 Å². The Bertz CT molecular complexity index is 2720. The monoisotopic (exact) mass is 798 g/mol. The number of hydrogen-bond donors (Lipinski definition) is 5. The number of Topliss-reactive ketones (excluding diaryl/α,β-unsaturated/α-hetero) is 1. The van der Waals surface area contributed by atoms with Gasteiger partial charge in [-0.1, -0.05) is 0 Å². The van der Waals surface area contributed by atoms with Crippen LogP contribution in [0.5, 0.6) is 5.75 Å². The summed E-state index contributed by atoms with van der Waals surface area (Å²) >= 11 is 0. The SMILES string of the molecule is NC1=CC(=O)C=C/C1=N\Nc1cc(S(=O)(=O)O)c(N(N=Nc2ccc([N+](=O)[O-])cc2)/N=C2\C=C([N+](=O)[O-])C=C([N+](=O)[O-])C2=O)c2cc(S(=O)(=O)O)cc(O)c12. The van der Waals surface area contributed by atoms with Crippen LogP contribution < -0.4 is 16.3 Å². The number of phenolic OH excluding ortho intramolecular Hbond substituents is 1. The van der Waals surface area contributed by atoms with Crippen molar-refractivity contribution in [1.82, 2.24) is 0 Å². The number of hydrogen-bond acceptors (Lipinski definition) is 19. The van der Waals surface area contributed by atoms with Gasteiger partial charge in [0.15, 0.2) is 5.78 Å². The molecule has 0 radical (unpaired) electrons. The van der Waals surface area contributed by atoms with Crippen molar-refractivity contribution in [3.8, 4) is 5.75 Å². The molecule has 282 valence electrons. The molecular weight excluding hydrogens is 780 g/mol. The third-order valence-electron chi connectivity index (χ3n) is 7.15. The van der Waals surface area contributed by atoms with Gasteiger partial charge in [0.1, 0.15) is 27.8 Å². The molecule has 27 heteroatoms. The highest BCUT2D eigenvalue weighted by atomic mass is 32.2. The summed E-state index contributed by atoms with van der Waals surface area (Å²) in [5, 5.41) is 59.3. The maximum absolute atomic E-state index is 13.1. The molecule has 2 aliphatic carbocycles. The molecule has 5 rings (SSSR count). The Labute approximate surface area is 304 Å². The van der Waals surface area contributed by atoms with Crippen LogP contribution in [0, 0.1) is 30.3 Å². The average molecular weight is 799 g/mol. The molecule has 55 heavy (non-hydrogen) atoms. The second-order valence-corrected chi connectivity index (χ2v) is 13.5. The predicted octanol–water partition coefficient (Wildman–Crippen LogP) is 2.46. The van der Waals surface area contributed by atoms with Crippen molar-refractivity contribution in [1.29, 1.82) is 0 Å². The first kappa shape index (κ1) is 38.6. The molecule has 0 bridgehead atoms. The lowest BCUT2D eigenvalue weighted by molar-refractivity contribution is -0.430. The summed E-state index contributed by atoms with van der Waals surface area (Å²) < 4.78 is 71.0. The topological polar surface area (TPSA) is 383 Å². The number of hydrazone groups is 2. The van der Waals surface area contributed by atoms with Crippen LogP contribution in [0.25, 0.3) is 10.8 Å². The first-order chi connectivity index (χ1) is 25.6. The van der Waals surface area contributed by atoms with Gasteiger partial charge in [-0.2, -0.15) is 21.9 Å². The molecule has 0 unspecified atom stereocenters. The van der Waals surface area contributed by atoms with Crippen molar-refractivity contribution in [3.63, 3.8) is 0 Å². The molecule has 0 amide bonds. The summed E-state index contributed by atoms with van der Waals surface area (Å²) in [5.41, 5.74) is 1.86. The fourth-order valence-electron chi connectivity index (χ4n) is 4.72. The van der Waals surface area contributed by atoms with Crippen LogP contribution in [0.4, 0.5) is 22.7 Å². The maximum atomic E-state index is 13.1. The Morgan fingerprint density at radius 2 is 1.49 bits per heavy atom. The molecule has 3 aromatic carbocycles. The number of rotatable bonds is 11. The van der Waals surface area contributed by atoms with Gasteiger partial charge in [0.25, 0.3) is 37.4 Å². The number of phenols is 1. The van der Waals surface area contributed by atoms with Crippen LogP contribution in [0.15, 0.2) is 120 Å². The number of nitrogens with zero attached hydrogens (tertiary/aromatic N) is 8. The summed E-state index contributed by atoms with van der Waals surface area (Å²) in [6.45, 7) is 0. The van der Waals surface area contributed by atoms with Gasteiger partial charge in [-0.3, -0.25) is 54.5 Å². The fourth-order valence-corrected chi connectivity index (χ4v) is 5.95. The third-order valence-corrected chi connectivity index (χ3v) is 8.84. The normalized spacial score (nSPS) is 16.3. The van der Waals surface area contributed by atoms with Gasteiger partial charge < -0.3 is 10.8 Å². The molecule has 25 nitrogen and oxygen atoms in total. The van der Waals surface area contributed by atoms with E-state index in [1.54, 1.807) is 0 Å². The first-order valence-corrected chi connectivity index (χ1v) is 17.2. The van der Waals surface area contributed by atoms with Crippen LogP contribution in [0.2, 0.25) is 0 Å². The Hall–Kier alpha value is -7.62. The number of fused-ring (bicyclic) bond motifs is 1. The maximum Gasteiger partial charge on any atom is 0.325 e. The van der Waals surface area contributed by atoms with Gasteiger partial charge in [0, 0.05) is 35.7 Å². The number of ketones is 2. The van der Waals surface area contributed by atoms with Crippen molar-refractivity contribution < 1.29 is 55.4 Å². The number of nitrogens with two attached hydrogens (primary N) is 1. The summed E-state index contributed by atoms with van der Waals surface area (Å²) in [6, 6.07) is 5.53. The number of carbonyl (C=O) groups is 2. The van der Waals surface area contributed by atoms with Crippen LogP contribution in [-0.4, -0.2) is 68.8 Å². The van der Waals surface area contributed by atoms with Crippen LogP contribution in [0.1, 0.15) is 0 Å². The Morgan fingerprint density at radius 1 is 0.818 bits per heavy atom. The van der Waals surface area contributed by atoms with E-state index in [0.29, 0.717) is 30.4 Å². The van der Waals surface area contributed by atoms with Gasteiger partial charge in [0.05, 0.1) is 48.2 Å². The van der Waals surface area contributed by atoms with E-state index in [-0.39, 0.29) is 22.2 Å². The highest BCUT2D eigenvalue weighted by Gasteiger charge is 2.36. The molecule has 0 heterocycles. The average Bonchev–Trinajstić information content (AvgIpc) is 3.09. The van der Waals surface area contributed by atoms with E-state index in [2.05, 4.69) is 26.0 Å². The molecule has 0 spiro atoms. The van der Waals surface area contributed by atoms with E-state index >= 15 is 0 Å². The molecule has 0 saturated carbocycles. The Morgan fingerprint density at radius 3 is 2.05 bits per heavy atom. The molecule has 0 aromatic heterocycles. The molecule has 3 aromatic rings. The van der Waals surface area contributed by atoms with E-state index in [9.17, 15) is 71.0 Å². The number of nitro benzene ring substituents is 1. The van der Waals surface area contributed by atoms with Crippen molar-refractivity contribution >= 4 is 76.7 Å². The smallest absolute Gasteiger partial charge is 0.325 e. The van der Waals surface area contributed by atoms with Crippen molar-refractivity contribution in [2.24, 2.45) is 26.3 Å². The van der Waals surface area contributed by atoms with E-state index in [1.165, 1.54) is 0 Å². The lowest BCUT2D eigenvalue weighted by Gasteiger charge is -2.21. The minimum absolute atomic E-state index is 0.0517. The lowest BCUT2D eigenvalue weighted by Crippen LogP contribution is -2.27. The van der Waals surface area contributed by atoms with E-state index in [4.69, 9.17) is 5.73 Å². The molecule has 0 atom stereocenters. The Balaban J connectivity index is 1.90. The zero-order valence-corrected chi connectivity index (χ0v) is 28.3. The van der Waals surface area contributed by atoms with Crippen molar-refractivity contribution in [2.75, 3.05) is 10.5 Å². The van der Waals surface area contributed by atoms with Crippen LogP contribution in [-0.2, 0) is 29.8 Å².